The molecule has 0 saturated carbocycles. The van der Waals surface area contributed by atoms with Gasteiger partial charge in [0.25, 0.3) is 0 Å². The minimum atomic E-state index is -0.676. The Morgan fingerprint density at radius 2 is 1.84 bits per heavy atom. The van der Waals surface area contributed by atoms with E-state index in [0.29, 0.717) is 13.0 Å². The Morgan fingerprint density at radius 1 is 1.21 bits per heavy atom. The lowest BCUT2D eigenvalue weighted by Gasteiger charge is -2.25. The van der Waals surface area contributed by atoms with Gasteiger partial charge in [-0.05, 0) is 38.6 Å². The lowest BCUT2D eigenvalue weighted by Crippen LogP contribution is -2.35. The fourth-order valence-electron chi connectivity index (χ4n) is 1.94. The number of benzene rings is 1. The maximum Gasteiger partial charge on any atom is 0.0718 e. The zero-order chi connectivity index (χ0) is 14.3. The molecule has 0 aliphatic carbocycles. The van der Waals surface area contributed by atoms with E-state index in [2.05, 4.69) is 16.7 Å². The maximum absolute atomic E-state index is 9.75. The van der Waals surface area contributed by atoms with E-state index in [1.165, 1.54) is 5.56 Å². The first kappa shape index (κ1) is 15.7. The molecular weight excluding hydrogens is 238 g/mol. The molecule has 0 aliphatic heterocycles. The van der Waals surface area contributed by atoms with Gasteiger partial charge in [0.1, 0.15) is 0 Å². The highest BCUT2D eigenvalue weighted by atomic mass is 16.3. The molecule has 0 aromatic heterocycles. The number of nitrogens with zero attached hydrogens (tertiary/aromatic N) is 1. The van der Waals surface area contributed by atoms with E-state index < -0.39 is 5.60 Å². The lowest BCUT2D eigenvalue weighted by molar-refractivity contribution is 0.0425. The zero-order valence-electron chi connectivity index (χ0n) is 12.0. The van der Waals surface area contributed by atoms with Crippen LogP contribution in [0.1, 0.15) is 31.4 Å². The first-order valence-corrected chi connectivity index (χ1v) is 6.50. The largest absolute Gasteiger partial charge is 0.395 e. The van der Waals surface area contributed by atoms with Crippen LogP contribution in [0.5, 0.6) is 0 Å². The Balaban J connectivity index is 2.55. The van der Waals surface area contributed by atoms with Crippen LogP contribution in [0, 0.1) is 11.8 Å². The lowest BCUT2D eigenvalue weighted by atomic mass is 10.1. The number of rotatable bonds is 5. The summed E-state index contributed by atoms with van der Waals surface area (Å²) >= 11 is 0. The van der Waals surface area contributed by atoms with Gasteiger partial charge in [-0.25, -0.2) is 0 Å². The second-order valence-corrected chi connectivity index (χ2v) is 5.46. The molecule has 0 fully saturated rings. The molecule has 0 amide bonds. The molecule has 0 spiro atoms. The van der Waals surface area contributed by atoms with E-state index in [1.54, 1.807) is 0 Å². The smallest absolute Gasteiger partial charge is 0.0718 e. The number of aliphatic hydroxyl groups excluding tert-OH is 1. The number of hydrogen-bond acceptors (Lipinski definition) is 3. The first-order valence-electron chi connectivity index (χ1n) is 6.50. The Morgan fingerprint density at radius 3 is 2.37 bits per heavy atom. The van der Waals surface area contributed by atoms with Crippen LogP contribution in [0.4, 0.5) is 0 Å². The fraction of sp³-hybridized carbons (Fsp3) is 0.500. The second kappa shape index (κ2) is 7.30. The summed E-state index contributed by atoms with van der Waals surface area (Å²) in [5.74, 6) is 5.90. The summed E-state index contributed by atoms with van der Waals surface area (Å²) in [7, 11) is 1.99. The van der Waals surface area contributed by atoms with Gasteiger partial charge in [-0.15, -0.1) is 0 Å². The van der Waals surface area contributed by atoms with Crippen LogP contribution < -0.4 is 0 Å². The van der Waals surface area contributed by atoms with Crippen LogP contribution in [0.3, 0.4) is 0 Å². The van der Waals surface area contributed by atoms with Crippen molar-refractivity contribution in [2.45, 2.75) is 32.4 Å². The van der Waals surface area contributed by atoms with Crippen molar-refractivity contribution in [2.75, 3.05) is 20.2 Å². The third-order valence-corrected chi connectivity index (χ3v) is 2.53. The van der Waals surface area contributed by atoms with Crippen molar-refractivity contribution < 1.29 is 10.2 Å². The molecule has 0 heterocycles. The Labute approximate surface area is 115 Å². The third kappa shape index (κ3) is 6.97. The van der Waals surface area contributed by atoms with Crippen molar-refractivity contribution in [1.82, 2.24) is 4.90 Å². The van der Waals surface area contributed by atoms with Crippen LogP contribution in [0.2, 0.25) is 0 Å². The molecule has 2 N–H and O–H groups in total. The van der Waals surface area contributed by atoms with Crippen LogP contribution in [0.25, 0.3) is 0 Å². The average molecular weight is 261 g/mol. The van der Waals surface area contributed by atoms with Gasteiger partial charge in [-0.2, -0.15) is 0 Å². The molecule has 1 aromatic carbocycles. The topological polar surface area (TPSA) is 43.7 Å². The molecule has 0 atom stereocenters. The van der Waals surface area contributed by atoms with Crippen LogP contribution >= 0.6 is 0 Å². The molecule has 0 saturated heterocycles. The summed E-state index contributed by atoms with van der Waals surface area (Å²) in [4.78, 5) is 2.09. The van der Waals surface area contributed by atoms with Gasteiger partial charge in [0, 0.05) is 25.1 Å². The van der Waals surface area contributed by atoms with Crippen molar-refractivity contribution in [3.05, 3.63) is 35.4 Å². The normalized spacial score (nSPS) is 11.3. The van der Waals surface area contributed by atoms with Crippen molar-refractivity contribution in [3.8, 4) is 11.8 Å². The molecule has 104 valence electrons. The molecule has 1 aromatic rings. The zero-order valence-corrected chi connectivity index (χ0v) is 12.0. The number of likely N-dealkylation sites (N-methyl/N-ethyl adjacent to an activating group) is 1. The molecular formula is C16H23NO2. The Kier molecular flexibility index (Phi) is 6.04. The quantitative estimate of drug-likeness (QED) is 0.792. The first-order chi connectivity index (χ1) is 8.90. The molecule has 0 aliphatic rings. The van der Waals surface area contributed by atoms with Crippen LogP contribution in [0.15, 0.2) is 24.3 Å². The summed E-state index contributed by atoms with van der Waals surface area (Å²) in [5.41, 5.74) is 1.48. The van der Waals surface area contributed by atoms with Gasteiger partial charge in [0.05, 0.1) is 12.2 Å². The average Bonchev–Trinajstić information content (AvgIpc) is 2.29. The molecule has 3 heteroatoms. The van der Waals surface area contributed by atoms with Crippen LogP contribution in [-0.4, -0.2) is 40.9 Å². The number of hydrogen-bond donors (Lipinski definition) is 2. The van der Waals surface area contributed by atoms with Gasteiger partial charge in [-0.3, -0.25) is 4.90 Å². The van der Waals surface area contributed by atoms with Gasteiger partial charge < -0.3 is 10.2 Å². The van der Waals surface area contributed by atoms with E-state index in [0.717, 1.165) is 12.1 Å². The van der Waals surface area contributed by atoms with Gasteiger partial charge in [0.2, 0.25) is 0 Å². The molecule has 0 unspecified atom stereocenters. The fourth-order valence-corrected chi connectivity index (χ4v) is 1.94. The van der Waals surface area contributed by atoms with Crippen molar-refractivity contribution >= 4 is 0 Å². The predicted molar refractivity (Wildman–Crippen MR) is 77.7 cm³/mol. The van der Waals surface area contributed by atoms with E-state index in [1.807, 2.05) is 45.2 Å². The standard InChI is InChI=1S/C16H23NO2/c1-16(2,19)13-17(3)12-15-9-7-14(8-10-15)6-4-5-11-18/h7-10,18-19H,5,11-13H2,1-3H3. The van der Waals surface area contributed by atoms with Crippen LogP contribution in [-0.2, 0) is 6.54 Å². The highest BCUT2D eigenvalue weighted by Gasteiger charge is 2.15. The molecule has 0 radical (unpaired) electrons. The molecule has 19 heavy (non-hydrogen) atoms. The van der Waals surface area contributed by atoms with Gasteiger partial charge in [0.15, 0.2) is 0 Å². The summed E-state index contributed by atoms with van der Waals surface area (Å²) < 4.78 is 0. The molecule has 0 bridgehead atoms. The molecule has 3 nitrogen and oxygen atoms in total. The minimum absolute atomic E-state index is 0.104. The van der Waals surface area contributed by atoms with Crippen molar-refractivity contribution in [3.63, 3.8) is 0 Å². The van der Waals surface area contributed by atoms with E-state index in [-0.39, 0.29) is 6.61 Å². The third-order valence-electron chi connectivity index (χ3n) is 2.53. The second-order valence-electron chi connectivity index (χ2n) is 5.46. The Bertz CT molecular complexity index is 435. The maximum atomic E-state index is 9.75. The molecule has 1 rings (SSSR count). The highest BCUT2D eigenvalue weighted by Crippen LogP contribution is 2.09. The highest BCUT2D eigenvalue weighted by molar-refractivity contribution is 5.36. The van der Waals surface area contributed by atoms with Crippen molar-refractivity contribution in [2.24, 2.45) is 0 Å². The summed E-state index contributed by atoms with van der Waals surface area (Å²) in [6.07, 6.45) is 0.510. The van der Waals surface area contributed by atoms with E-state index in [9.17, 15) is 5.11 Å². The monoisotopic (exact) mass is 261 g/mol. The van der Waals surface area contributed by atoms with Gasteiger partial charge >= 0.3 is 0 Å². The Hall–Kier alpha value is -1.34. The summed E-state index contributed by atoms with van der Waals surface area (Å²) in [6, 6.07) is 8.06. The summed E-state index contributed by atoms with van der Waals surface area (Å²) in [6.45, 7) is 5.15. The SMILES string of the molecule is CN(Cc1ccc(C#CCCO)cc1)CC(C)(C)O. The summed E-state index contributed by atoms with van der Waals surface area (Å²) in [5, 5.41) is 18.4. The number of aliphatic hydroxyl groups is 2. The predicted octanol–water partition coefficient (Wildman–Crippen LogP) is 1.62. The van der Waals surface area contributed by atoms with E-state index >= 15 is 0 Å². The van der Waals surface area contributed by atoms with Crippen molar-refractivity contribution in [1.29, 1.82) is 0 Å². The van der Waals surface area contributed by atoms with Gasteiger partial charge in [-0.1, -0.05) is 24.0 Å². The van der Waals surface area contributed by atoms with E-state index in [4.69, 9.17) is 5.11 Å². The minimum Gasteiger partial charge on any atom is -0.395 e.